The number of carbonyl (C=O) groups is 2. The Hall–Kier alpha value is -2.95. The minimum absolute atomic E-state index is 0.00153. The molecule has 0 radical (unpaired) electrons. The number of hydrogen-bond acceptors (Lipinski definition) is 4. The molecule has 1 N–H and O–H groups in total. The number of nitrogens with zero attached hydrogens (tertiary/aromatic N) is 1. The van der Waals surface area contributed by atoms with Crippen LogP contribution in [-0.4, -0.2) is 30.1 Å². The van der Waals surface area contributed by atoms with E-state index in [1.807, 2.05) is 19.1 Å². The van der Waals surface area contributed by atoms with E-state index in [0.717, 1.165) is 29.9 Å². The van der Waals surface area contributed by atoms with Crippen molar-refractivity contribution in [3.63, 3.8) is 0 Å². The van der Waals surface area contributed by atoms with Crippen molar-refractivity contribution < 1.29 is 14.3 Å². The second-order valence-corrected chi connectivity index (χ2v) is 8.05. The van der Waals surface area contributed by atoms with E-state index in [2.05, 4.69) is 25.2 Å². The molecule has 1 aliphatic heterocycles. The Morgan fingerprint density at radius 1 is 1.14 bits per heavy atom. The molecule has 0 saturated carbocycles. The summed E-state index contributed by atoms with van der Waals surface area (Å²) >= 11 is 0. The molecule has 0 aromatic heterocycles. The van der Waals surface area contributed by atoms with Gasteiger partial charge < -0.3 is 10.1 Å². The molecule has 0 saturated heterocycles. The summed E-state index contributed by atoms with van der Waals surface area (Å²) in [5.41, 5.74) is 4.02. The maximum absolute atomic E-state index is 12.9. The number of carbonyl (C=O) groups excluding carboxylic acids is 2. The average Bonchev–Trinajstić information content (AvgIpc) is 2.67. The van der Waals surface area contributed by atoms with Crippen LogP contribution < -0.4 is 10.1 Å². The van der Waals surface area contributed by atoms with Gasteiger partial charge in [-0.05, 0) is 68.7 Å². The second-order valence-electron chi connectivity index (χ2n) is 8.05. The standard InChI is InChI=1S/C24H28N2O3/c1-5-6-23(28)25-18-10-7-16(8-11-18)22(27)14-21-20-13-19(29-4)12-9-17(20)15-24(2,3)26-21/h7-13H,5-6,14-15H2,1-4H3,(H,25,28). The Morgan fingerprint density at radius 3 is 2.52 bits per heavy atom. The molecule has 0 unspecified atom stereocenters. The van der Waals surface area contributed by atoms with E-state index in [0.29, 0.717) is 17.7 Å². The van der Waals surface area contributed by atoms with Crippen LogP contribution in [0.2, 0.25) is 0 Å². The summed E-state index contributed by atoms with van der Waals surface area (Å²) in [6.07, 6.45) is 2.34. The lowest BCUT2D eigenvalue weighted by atomic mass is 9.85. The van der Waals surface area contributed by atoms with E-state index >= 15 is 0 Å². The van der Waals surface area contributed by atoms with Gasteiger partial charge in [0.2, 0.25) is 5.91 Å². The Morgan fingerprint density at radius 2 is 1.86 bits per heavy atom. The van der Waals surface area contributed by atoms with Crippen molar-refractivity contribution in [1.82, 2.24) is 0 Å². The highest BCUT2D eigenvalue weighted by Crippen LogP contribution is 2.31. The summed E-state index contributed by atoms with van der Waals surface area (Å²) < 4.78 is 5.36. The number of nitrogens with one attached hydrogen (secondary N) is 1. The minimum atomic E-state index is -0.245. The monoisotopic (exact) mass is 392 g/mol. The summed E-state index contributed by atoms with van der Waals surface area (Å²) in [6.45, 7) is 6.13. The van der Waals surface area contributed by atoms with Gasteiger partial charge in [0.15, 0.2) is 5.78 Å². The highest BCUT2D eigenvalue weighted by atomic mass is 16.5. The van der Waals surface area contributed by atoms with E-state index in [9.17, 15) is 9.59 Å². The van der Waals surface area contributed by atoms with Gasteiger partial charge in [0.1, 0.15) is 5.75 Å². The van der Waals surface area contributed by atoms with Crippen LogP contribution in [0.25, 0.3) is 0 Å². The van der Waals surface area contributed by atoms with Gasteiger partial charge in [-0.25, -0.2) is 0 Å². The SMILES string of the molecule is CCCC(=O)Nc1ccc(C(=O)CC2=NC(C)(C)Cc3ccc(OC)cc32)cc1. The molecule has 0 bridgehead atoms. The van der Waals surface area contributed by atoms with Crippen LogP contribution in [0.3, 0.4) is 0 Å². The highest BCUT2D eigenvalue weighted by Gasteiger charge is 2.28. The molecule has 0 aliphatic carbocycles. The predicted molar refractivity (Wildman–Crippen MR) is 116 cm³/mol. The lowest BCUT2D eigenvalue weighted by Crippen LogP contribution is -2.30. The topological polar surface area (TPSA) is 67.8 Å². The zero-order chi connectivity index (χ0) is 21.0. The molecule has 5 nitrogen and oxygen atoms in total. The molecule has 2 aromatic carbocycles. The van der Waals surface area contributed by atoms with Crippen LogP contribution in [0.1, 0.15) is 61.5 Å². The van der Waals surface area contributed by atoms with Crippen LogP contribution in [-0.2, 0) is 11.2 Å². The molecule has 3 rings (SSSR count). The number of anilines is 1. The van der Waals surface area contributed by atoms with Crippen molar-refractivity contribution in [2.45, 2.75) is 52.0 Å². The van der Waals surface area contributed by atoms with Crippen LogP contribution in [0, 0.1) is 0 Å². The van der Waals surface area contributed by atoms with Gasteiger partial charge in [-0.1, -0.05) is 13.0 Å². The smallest absolute Gasteiger partial charge is 0.224 e. The number of ether oxygens (including phenoxy) is 1. The van der Waals surface area contributed by atoms with Gasteiger partial charge in [0.25, 0.3) is 0 Å². The maximum Gasteiger partial charge on any atom is 0.224 e. The number of ketones is 1. The van der Waals surface area contributed by atoms with Gasteiger partial charge in [-0.3, -0.25) is 14.6 Å². The Kier molecular flexibility index (Phi) is 6.16. The second kappa shape index (κ2) is 8.60. The lowest BCUT2D eigenvalue weighted by Gasteiger charge is -2.29. The third-order valence-electron chi connectivity index (χ3n) is 4.98. The maximum atomic E-state index is 12.9. The first-order valence-corrected chi connectivity index (χ1v) is 10.0. The summed E-state index contributed by atoms with van der Waals surface area (Å²) in [4.78, 5) is 29.5. The molecular formula is C24H28N2O3. The fourth-order valence-corrected chi connectivity index (χ4v) is 3.62. The van der Waals surface area contributed by atoms with Crippen LogP contribution >= 0.6 is 0 Å². The van der Waals surface area contributed by atoms with E-state index in [1.54, 1.807) is 31.4 Å². The summed E-state index contributed by atoms with van der Waals surface area (Å²) in [6, 6.07) is 13.0. The quantitative estimate of drug-likeness (QED) is 0.686. The van der Waals surface area contributed by atoms with Crippen molar-refractivity contribution in [3.05, 3.63) is 59.2 Å². The number of rotatable bonds is 7. The van der Waals surface area contributed by atoms with E-state index < -0.39 is 0 Å². The molecule has 1 amide bonds. The van der Waals surface area contributed by atoms with Crippen molar-refractivity contribution >= 4 is 23.1 Å². The molecule has 1 aliphatic rings. The number of fused-ring (bicyclic) bond motifs is 1. The Labute approximate surface area is 172 Å². The van der Waals surface area contributed by atoms with E-state index in [1.165, 1.54) is 5.56 Å². The molecule has 1 heterocycles. The van der Waals surface area contributed by atoms with Crippen LogP contribution in [0.5, 0.6) is 5.75 Å². The number of amides is 1. The molecule has 5 heteroatoms. The van der Waals surface area contributed by atoms with E-state index in [4.69, 9.17) is 9.73 Å². The first-order valence-electron chi connectivity index (χ1n) is 10.0. The first kappa shape index (κ1) is 20.8. The van der Waals surface area contributed by atoms with E-state index in [-0.39, 0.29) is 23.7 Å². The summed E-state index contributed by atoms with van der Waals surface area (Å²) in [5.74, 6) is 0.744. The number of Topliss-reactive ketones (excluding diaryl/α,β-unsaturated/α-hetero) is 1. The largest absolute Gasteiger partial charge is 0.497 e. The molecule has 0 atom stereocenters. The molecule has 0 fully saturated rings. The number of hydrogen-bond donors (Lipinski definition) is 1. The third-order valence-corrected chi connectivity index (χ3v) is 4.98. The fraction of sp³-hybridized carbons (Fsp3) is 0.375. The molecule has 2 aromatic rings. The average molecular weight is 392 g/mol. The van der Waals surface area contributed by atoms with Crippen LogP contribution in [0.4, 0.5) is 5.69 Å². The number of aliphatic imine (C=N–C) groups is 1. The van der Waals surface area contributed by atoms with Crippen LogP contribution in [0.15, 0.2) is 47.5 Å². The van der Waals surface area contributed by atoms with Gasteiger partial charge in [-0.2, -0.15) is 0 Å². The summed E-state index contributed by atoms with van der Waals surface area (Å²) in [7, 11) is 1.64. The lowest BCUT2D eigenvalue weighted by molar-refractivity contribution is -0.116. The zero-order valence-electron chi connectivity index (χ0n) is 17.5. The van der Waals surface area contributed by atoms with Gasteiger partial charge >= 0.3 is 0 Å². The predicted octanol–water partition coefficient (Wildman–Crippen LogP) is 4.83. The summed E-state index contributed by atoms with van der Waals surface area (Å²) in [5, 5.41) is 2.84. The Balaban J connectivity index is 1.79. The zero-order valence-corrected chi connectivity index (χ0v) is 17.5. The normalized spacial score (nSPS) is 14.6. The van der Waals surface area contributed by atoms with Gasteiger partial charge in [0, 0.05) is 23.2 Å². The molecule has 0 spiro atoms. The third kappa shape index (κ3) is 5.11. The van der Waals surface area contributed by atoms with Crippen molar-refractivity contribution in [2.24, 2.45) is 4.99 Å². The van der Waals surface area contributed by atoms with Gasteiger partial charge in [-0.15, -0.1) is 0 Å². The highest BCUT2D eigenvalue weighted by molar-refractivity contribution is 6.17. The van der Waals surface area contributed by atoms with Crippen molar-refractivity contribution in [1.29, 1.82) is 0 Å². The molecule has 29 heavy (non-hydrogen) atoms. The Bertz CT molecular complexity index is 943. The first-order chi connectivity index (χ1) is 13.8. The van der Waals surface area contributed by atoms with Gasteiger partial charge in [0.05, 0.1) is 24.8 Å². The van der Waals surface area contributed by atoms with Crippen molar-refractivity contribution in [3.8, 4) is 5.75 Å². The fourth-order valence-electron chi connectivity index (χ4n) is 3.62. The number of methoxy groups -OCH3 is 1. The minimum Gasteiger partial charge on any atom is -0.497 e. The molecular weight excluding hydrogens is 364 g/mol. The van der Waals surface area contributed by atoms with Crippen molar-refractivity contribution in [2.75, 3.05) is 12.4 Å². The number of benzene rings is 2. The molecule has 152 valence electrons.